The summed E-state index contributed by atoms with van der Waals surface area (Å²) < 4.78 is 16.1. The van der Waals surface area contributed by atoms with Crippen molar-refractivity contribution in [3.05, 3.63) is 115 Å². The van der Waals surface area contributed by atoms with Crippen LogP contribution in [0.15, 0.2) is 97.6 Å². The molecule has 1 aromatic heterocycles. The van der Waals surface area contributed by atoms with Crippen molar-refractivity contribution in [3.8, 4) is 5.69 Å². The van der Waals surface area contributed by atoms with Crippen LogP contribution in [-0.4, -0.2) is 21.4 Å². The monoisotopic (exact) mass is 414 g/mol. The molecule has 4 rings (SSSR count). The third-order valence-electron chi connectivity index (χ3n) is 4.70. The topological polar surface area (TPSA) is 76.0 Å². The fourth-order valence-corrected chi connectivity index (χ4v) is 3.16. The molecule has 1 heterocycles. The third kappa shape index (κ3) is 4.67. The molecule has 6 nitrogen and oxygen atoms in total. The SMILES string of the molecule is O=C(NC(C(=O)Nc1ccc(-n2ccnc2)c(F)c1)c1ccccc1)c1ccccc1. The van der Waals surface area contributed by atoms with E-state index in [-0.39, 0.29) is 11.6 Å². The van der Waals surface area contributed by atoms with Gasteiger partial charge in [0.05, 0.1) is 12.0 Å². The smallest absolute Gasteiger partial charge is 0.252 e. The second-order valence-corrected chi connectivity index (χ2v) is 6.81. The predicted molar refractivity (Wildman–Crippen MR) is 115 cm³/mol. The van der Waals surface area contributed by atoms with Crippen molar-refractivity contribution >= 4 is 17.5 Å². The number of benzene rings is 3. The summed E-state index contributed by atoms with van der Waals surface area (Å²) in [6.45, 7) is 0. The fraction of sp³-hybridized carbons (Fsp3) is 0.0417. The van der Waals surface area contributed by atoms with Gasteiger partial charge in [0.1, 0.15) is 11.9 Å². The standard InChI is InChI=1S/C24H19FN4O2/c25-20-15-19(11-12-21(20)29-14-13-26-16-29)27-24(31)22(17-7-3-1-4-8-17)28-23(30)18-9-5-2-6-10-18/h1-16,22H,(H,27,31)(H,28,30). The first-order chi connectivity index (χ1) is 15.1. The maximum Gasteiger partial charge on any atom is 0.252 e. The Balaban J connectivity index is 1.56. The highest BCUT2D eigenvalue weighted by Crippen LogP contribution is 2.21. The molecule has 0 aliphatic heterocycles. The van der Waals surface area contributed by atoms with Crippen molar-refractivity contribution < 1.29 is 14.0 Å². The predicted octanol–water partition coefficient (Wildman–Crippen LogP) is 4.12. The molecule has 154 valence electrons. The van der Waals surface area contributed by atoms with E-state index in [1.807, 2.05) is 6.07 Å². The van der Waals surface area contributed by atoms with Crippen molar-refractivity contribution in [2.24, 2.45) is 0 Å². The summed E-state index contributed by atoms with van der Waals surface area (Å²) in [6, 6.07) is 20.9. The Morgan fingerprint density at radius 3 is 2.29 bits per heavy atom. The molecule has 0 saturated carbocycles. The number of amides is 2. The summed E-state index contributed by atoms with van der Waals surface area (Å²) in [4.78, 5) is 29.6. The zero-order valence-corrected chi connectivity index (χ0v) is 16.4. The molecule has 0 spiro atoms. The Kier molecular flexibility index (Phi) is 5.84. The van der Waals surface area contributed by atoms with Crippen LogP contribution in [0, 0.1) is 5.82 Å². The average Bonchev–Trinajstić information content (AvgIpc) is 3.33. The van der Waals surface area contributed by atoms with Gasteiger partial charge in [0.2, 0.25) is 0 Å². The molecular weight excluding hydrogens is 395 g/mol. The average molecular weight is 414 g/mol. The Bertz CT molecular complexity index is 1180. The number of rotatable bonds is 6. The van der Waals surface area contributed by atoms with Crippen molar-refractivity contribution in [1.29, 1.82) is 0 Å². The molecule has 2 N–H and O–H groups in total. The molecule has 0 saturated heterocycles. The molecule has 31 heavy (non-hydrogen) atoms. The van der Waals surface area contributed by atoms with Gasteiger partial charge >= 0.3 is 0 Å². The Morgan fingerprint density at radius 1 is 0.935 bits per heavy atom. The number of carbonyl (C=O) groups excluding carboxylic acids is 2. The number of hydrogen-bond acceptors (Lipinski definition) is 3. The van der Waals surface area contributed by atoms with Gasteiger partial charge in [-0.15, -0.1) is 0 Å². The Hall–Kier alpha value is -4.26. The van der Waals surface area contributed by atoms with Crippen LogP contribution in [0.2, 0.25) is 0 Å². The van der Waals surface area contributed by atoms with Crippen LogP contribution in [0.3, 0.4) is 0 Å². The van der Waals surface area contributed by atoms with Gasteiger partial charge in [0.15, 0.2) is 0 Å². The van der Waals surface area contributed by atoms with E-state index in [4.69, 9.17) is 0 Å². The molecule has 0 aliphatic carbocycles. The van der Waals surface area contributed by atoms with Gasteiger partial charge in [-0.3, -0.25) is 9.59 Å². The van der Waals surface area contributed by atoms with E-state index in [0.29, 0.717) is 16.8 Å². The Labute approximate surface area is 178 Å². The van der Waals surface area contributed by atoms with Crippen LogP contribution < -0.4 is 10.6 Å². The molecule has 3 aromatic carbocycles. The molecule has 2 amide bonds. The van der Waals surface area contributed by atoms with E-state index in [1.165, 1.54) is 17.0 Å². The first kappa shape index (κ1) is 20.0. The lowest BCUT2D eigenvalue weighted by atomic mass is 10.0. The quantitative estimate of drug-likeness (QED) is 0.498. The van der Waals surface area contributed by atoms with E-state index >= 15 is 0 Å². The van der Waals surface area contributed by atoms with Crippen LogP contribution in [-0.2, 0) is 4.79 Å². The van der Waals surface area contributed by atoms with Gasteiger partial charge in [0, 0.05) is 23.6 Å². The van der Waals surface area contributed by atoms with Crippen molar-refractivity contribution in [3.63, 3.8) is 0 Å². The van der Waals surface area contributed by atoms with E-state index < -0.39 is 17.8 Å². The summed E-state index contributed by atoms with van der Waals surface area (Å²) in [7, 11) is 0. The molecular formula is C24H19FN4O2. The molecule has 0 bridgehead atoms. The van der Waals surface area contributed by atoms with Crippen LogP contribution >= 0.6 is 0 Å². The number of imidazole rings is 1. The van der Waals surface area contributed by atoms with Gasteiger partial charge < -0.3 is 15.2 Å². The molecule has 4 aromatic rings. The molecule has 0 radical (unpaired) electrons. The minimum absolute atomic E-state index is 0.279. The number of halogens is 1. The van der Waals surface area contributed by atoms with Gasteiger partial charge in [-0.05, 0) is 35.9 Å². The summed E-state index contributed by atoms with van der Waals surface area (Å²) in [6.07, 6.45) is 4.66. The first-order valence-electron chi connectivity index (χ1n) is 9.61. The van der Waals surface area contributed by atoms with Gasteiger partial charge in [-0.1, -0.05) is 48.5 Å². The lowest BCUT2D eigenvalue weighted by Gasteiger charge is -2.19. The van der Waals surface area contributed by atoms with Crippen LogP contribution in [0.25, 0.3) is 5.69 Å². The lowest BCUT2D eigenvalue weighted by Crippen LogP contribution is -2.37. The second-order valence-electron chi connectivity index (χ2n) is 6.81. The van der Waals surface area contributed by atoms with Gasteiger partial charge in [-0.25, -0.2) is 9.37 Å². The number of carbonyl (C=O) groups is 2. The molecule has 0 fully saturated rings. The number of hydrogen-bond donors (Lipinski definition) is 2. The molecule has 1 atom stereocenters. The van der Waals surface area contributed by atoms with Crippen LogP contribution in [0.5, 0.6) is 0 Å². The number of nitrogens with zero attached hydrogens (tertiary/aromatic N) is 2. The van der Waals surface area contributed by atoms with Crippen LogP contribution in [0.1, 0.15) is 22.0 Å². The maximum absolute atomic E-state index is 14.5. The van der Waals surface area contributed by atoms with Gasteiger partial charge in [0.25, 0.3) is 11.8 Å². The Morgan fingerprint density at radius 2 is 1.65 bits per heavy atom. The minimum Gasteiger partial charge on any atom is -0.336 e. The third-order valence-corrected chi connectivity index (χ3v) is 4.70. The highest BCUT2D eigenvalue weighted by atomic mass is 19.1. The summed E-state index contributed by atoms with van der Waals surface area (Å²) in [5.41, 5.74) is 1.64. The van der Waals surface area contributed by atoms with E-state index in [2.05, 4.69) is 15.6 Å². The zero-order valence-electron chi connectivity index (χ0n) is 16.4. The van der Waals surface area contributed by atoms with Crippen molar-refractivity contribution in [1.82, 2.24) is 14.9 Å². The lowest BCUT2D eigenvalue weighted by molar-refractivity contribution is -0.118. The summed E-state index contributed by atoms with van der Waals surface area (Å²) in [5, 5.41) is 5.45. The normalized spacial score (nSPS) is 11.5. The second kappa shape index (κ2) is 9.04. The number of nitrogens with one attached hydrogen (secondary N) is 2. The van der Waals surface area contributed by atoms with E-state index in [1.54, 1.807) is 79.1 Å². The largest absolute Gasteiger partial charge is 0.336 e. The zero-order chi connectivity index (χ0) is 21.6. The van der Waals surface area contributed by atoms with Gasteiger partial charge in [-0.2, -0.15) is 0 Å². The maximum atomic E-state index is 14.5. The molecule has 7 heteroatoms. The summed E-state index contributed by atoms with van der Waals surface area (Å²) >= 11 is 0. The highest BCUT2D eigenvalue weighted by Gasteiger charge is 2.23. The van der Waals surface area contributed by atoms with Crippen LogP contribution in [0.4, 0.5) is 10.1 Å². The first-order valence-corrected chi connectivity index (χ1v) is 9.61. The number of aromatic nitrogens is 2. The van der Waals surface area contributed by atoms with E-state index in [0.717, 1.165) is 0 Å². The summed E-state index contributed by atoms with van der Waals surface area (Å²) in [5.74, 6) is -1.38. The molecule has 1 unspecified atom stereocenters. The highest BCUT2D eigenvalue weighted by molar-refractivity contribution is 6.01. The van der Waals surface area contributed by atoms with Crippen molar-refractivity contribution in [2.45, 2.75) is 6.04 Å². The molecule has 0 aliphatic rings. The minimum atomic E-state index is -0.953. The number of anilines is 1. The fourth-order valence-electron chi connectivity index (χ4n) is 3.16. The van der Waals surface area contributed by atoms with E-state index in [9.17, 15) is 14.0 Å². The van der Waals surface area contributed by atoms with Crippen molar-refractivity contribution in [2.75, 3.05) is 5.32 Å².